The minimum absolute atomic E-state index is 0.0428. The van der Waals surface area contributed by atoms with E-state index < -0.39 is 11.6 Å². The van der Waals surface area contributed by atoms with E-state index in [4.69, 9.17) is 4.74 Å². The van der Waals surface area contributed by atoms with Crippen molar-refractivity contribution < 1.29 is 13.5 Å². The number of methoxy groups -OCH3 is 1. The molecule has 0 fully saturated rings. The number of fused-ring (bicyclic) bond motifs is 1. The van der Waals surface area contributed by atoms with Crippen LogP contribution in [0.15, 0.2) is 12.1 Å². The molecule has 20 heavy (non-hydrogen) atoms. The summed E-state index contributed by atoms with van der Waals surface area (Å²) in [4.78, 5) is 4.16. The van der Waals surface area contributed by atoms with Gasteiger partial charge in [0.2, 0.25) is 0 Å². The molecule has 0 spiro atoms. The Bertz CT molecular complexity index is 629. The van der Waals surface area contributed by atoms with Crippen LogP contribution in [-0.2, 0) is 11.3 Å². The van der Waals surface area contributed by atoms with Crippen molar-refractivity contribution in [1.29, 1.82) is 0 Å². The summed E-state index contributed by atoms with van der Waals surface area (Å²) < 4.78 is 33.4. The van der Waals surface area contributed by atoms with Crippen LogP contribution in [-0.4, -0.2) is 18.6 Å². The smallest absolute Gasteiger partial charge is 0.149 e. The van der Waals surface area contributed by atoms with Gasteiger partial charge in [-0.15, -0.1) is 0 Å². The minimum atomic E-state index is -0.517. The zero-order valence-electron chi connectivity index (χ0n) is 11.9. The van der Waals surface area contributed by atoms with Crippen LogP contribution >= 0.6 is 0 Å². The molecular weight excluding hydrogens is 262 g/mol. The van der Waals surface area contributed by atoms with E-state index in [0.717, 1.165) is 6.42 Å². The summed E-state index contributed by atoms with van der Waals surface area (Å²) in [6.45, 7) is 4.49. The van der Waals surface area contributed by atoms with Gasteiger partial charge in [-0.3, -0.25) is 0 Å². The van der Waals surface area contributed by atoms with E-state index in [-0.39, 0.29) is 23.1 Å². The summed E-state index contributed by atoms with van der Waals surface area (Å²) in [5, 5.41) is 3.33. The van der Waals surface area contributed by atoms with E-state index >= 15 is 0 Å². The first-order valence-electron chi connectivity index (χ1n) is 6.59. The van der Waals surface area contributed by atoms with Crippen molar-refractivity contribution in [3.05, 3.63) is 35.0 Å². The second-order valence-corrected chi connectivity index (χ2v) is 4.73. The number of rotatable bonds is 5. The van der Waals surface area contributed by atoms with E-state index in [0.29, 0.717) is 17.9 Å². The second kappa shape index (κ2) is 6.13. The van der Waals surface area contributed by atoms with E-state index in [1.807, 2.05) is 6.92 Å². The molecule has 0 aliphatic heterocycles. The number of hydrogen-bond acceptors (Lipinski definition) is 3. The highest BCUT2D eigenvalue weighted by Gasteiger charge is 2.16. The Labute approximate surface area is 117 Å². The average Bonchev–Trinajstić information content (AvgIpc) is 2.42. The summed E-state index contributed by atoms with van der Waals surface area (Å²) in [6.07, 6.45) is 0.888. The van der Waals surface area contributed by atoms with E-state index in [2.05, 4.69) is 10.3 Å². The van der Waals surface area contributed by atoms with Crippen LogP contribution in [0.5, 0.6) is 0 Å². The fourth-order valence-electron chi connectivity index (χ4n) is 2.13. The maximum Gasteiger partial charge on any atom is 0.149 e. The lowest BCUT2D eigenvalue weighted by molar-refractivity contribution is 0.182. The van der Waals surface area contributed by atoms with Crippen molar-refractivity contribution in [1.82, 2.24) is 4.98 Å². The van der Waals surface area contributed by atoms with E-state index in [1.165, 1.54) is 13.2 Å². The Hall–Kier alpha value is -1.75. The molecule has 0 bridgehead atoms. The van der Waals surface area contributed by atoms with Gasteiger partial charge in [-0.25, -0.2) is 13.8 Å². The van der Waals surface area contributed by atoms with Gasteiger partial charge in [0.15, 0.2) is 0 Å². The molecule has 2 rings (SSSR count). The standard InChI is InChI=1S/C15H18F2N2O/c1-4-5-18-12-7-10(8-20-3)19-15-11(16)6-9(2)14(17)13(12)15/h6-7H,4-5,8H2,1-3H3,(H,18,19). The number of ether oxygens (including phenoxy) is 1. The molecule has 0 saturated carbocycles. The van der Waals surface area contributed by atoms with Crippen molar-refractivity contribution >= 4 is 16.6 Å². The fourth-order valence-corrected chi connectivity index (χ4v) is 2.13. The monoisotopic (exact) mass is 280 g/mol. The Morgan fingerprint density at radius 1 is 1.30 bits per heavy atom. The molecule has 0 unspecified atom stereocenters. The summed E-state index contributed by atoms with van der Waals surface area (Å²) in [5.41, 5.74) is 1.45. The van der Waals surface area contributed by atoms with E-state index in [1.54, 1.807) is 13.0 Å². The summed E-state index contributed by atoms with van der Waals surface area (Å²) >= 11 is 0. The number of nitrogens with one attached hydrogen (secondary N) is 1. The molecular formula is C15H18F2N2O. The highest BCUT2D eigenvalue weighted by atomic mass is 19.1. The van der Waals surface area contributed by atoms with Gasteiger partial charge in [0.25, 0.3) is 0 Å². The second-order valence-electron chi connectivity index (χ2n) is 4.73. The largest absolute Gasteiger partial charge is 0.384 e. The Kier molecular flexibility index (Phi) is 4.49. The van der Waals surface area contributed by atoms with Gasteiger partial charge >= 0.3 is 0 Å². The maximum absolute atomic E-state index is 14.3. The fraction of sp³-hybridized carbons (Fsp3) is 0.400. The molecule has 3 nitrogen and oxygen atoms in total. The minimum Gasteiger partial charge on any atom is -0.384 e. The summed E-state index contributed by atoms with van der Waals surface area (Å²) in [7, 11) is 1.54. The number of benzene rings is 1. The lowest BCUT2D eigenvalue weighted by Crippen LogP contribution is -2.06. The molecule has 0 saturated heterocycles. The molecule has 5 heteroatoms. The van der Waals surface area contributed by atoms with Crippen LogP contribution in [0.3, 0.4) is 0 Å². The van der Waals surface area contributed by atoms with Gasteiger partial charge in [-0.2, -0.15) is 0 Å². The topological polar surface area (TPSA) is 34.1 Å². The Balaban J connectivity index is 2.70. The van der Waals surface area contributed by atoms with Crippen molar-refractivity contribution in [2.45, 2.75) is 26.9 Å². The normalized spacial score (nSPS) is 11.1. The van der Waals surface area contributed by atoms with Gasteiger partial charge in [-0.1, -0.05) is 6.92 Å². The SMILES string of the molecule is CCCNc1cc(COC)nc2c(F)cc(C)c(F)c12. The molecule has 1 N–H and O–H groups in total. The molecule has 0 aliphatic carbocycles. The molecule has 0 aliphatic rings. The quantitative estimate of drug-likeness (QED) is 0.904. The number of aryl methyl sites for hydroxylation is 1. The molecule has 1 aromatic carbocycles. The predicted molar refractivity (Wildman–Crippen MR) is 75.9 cm³/mol. The molecule has 1 aromatic heterocycles. The third-order valence-electron chi connectivity index (χ3n) is 3.07. The average molecular weight is 280 g/mol. The van der Waals surface area contributed by atoms with Gasteiger partial charge in [0, 0.05) is 19.3 Å². The maximum atomic E-state index is 14.3. The van der Waals surface area contributed by atoms with Gasteiger partial charge < -0.3 is 10.1 Å². The van der Waals surface area contributed by atoms with Crippen LogP contribution in [0.2, 0.25) is 0 Å². The summed E-state index contributed by atoms with van der Waals surface area (Å²) in [6, 6.07) is 2.88. The van der Waals surface area contributed by atoms with Gasteiger partial charge in [0.05, 0.1) is 17.7 Å². The molecule has 108 valence electrons. The third kappa shape index (κ3) is 2.72. The predicted octanol–water partition coefficient (Wildman–Crippen LogP) is 3.79. The summed E-state index contributed by atoms with van der Waals surface area (Å²) in [5.74, 6) is -0.951. The molecule has 2 aromatic rings. The van der Waals surface area contributed by atoms with E-state index in [9.17, 15) is 8.78 Å². The lowest BCUT2D eigenvalue weighted by Gasteiger charge is -2.13. The van der Waals surface area contributed by atoms with Crippen molar-refractivity contribution in [2.75, 3.05) is 19.0 Å². The van der Waals surface area contributed by atoms with Gasteiger partial charge in [-0.05, 0) is 31.0 Å². The molecule has 0 atom stereocenters. The Morgan fingerprint density at radius 2 is 2.05 bits per heavy atom. The zero-order valence-corrected chi connectivity index (χ0v) is 11.9. The number of pyridine rings is 1. The van der Waals surface area contributed by atoms with Crippen molar-refractivity contribution in [3.63, 3.8) is 0 Å². The van der Waals surface area contributed by atoms with Crippen molar-refractivity contribution in [3.8, 4) is 0 Å². The molecule has 0 amide bonds. The number of anilines is 1. The first-order chi connectivity index (χ1) is 9.58. The van der Waals surface area contributed by atoms with Crippen LogP contribution in [0.25, 0.3) is 10.9 Å². The third-order valence-corrected chi connectivity index (χ3v) is 3.07. The lowest BCUT2D eigenvalue weighted by atomic mass is 10.1. The van der Waals surface area contributed by atoms with Crippen LogP contribution in [0.1, 0.15) is 24.6 Å². The number of nitrogens with zero attached hydrogens (tertiary/aromatic N) is 1. The van der Waals surface area contributed by atoms with Gasteiger partial charge in [0.1, 0.15) is 17.2 Å². The number of halogens is 2. The molecule has 1 heterocycles. The Morgan fingerprint density at radius 3 is 2.70 bits per heavy atom. The highest BCUT2D eigenvalue weighted by molar-refractivity contribution is 5.93. The first-order valence-corrected chi connectivity index (χ1v) is 6.59. The van der Waals surface area contributed by atoms with Crippen LogP contribution in [0.4, 0.5) is 14.5 Å². The highest BCUT2D eigenvalue weighted by Crippen LogP contribution is 2.30. The van der Waals surface area contributed by atoms with Crippen LogP contribution < -0.4 is 5.32 Å². The number of aromatic nitrogens is 1. The zero-order chi connectivity index (χ0) is 14.7. The van der Waals surface area contributed by atoms with Crippen molar-refractivity contribution in [2.24, 2.45) is 0 Å². The molecule has 0 radical (unpaired) electrons. The van der Waals surface area contributed by atoms with Crippen LogP contribution in [0, 0.1) is 18.6 Å². The number of hydrogen-bond donors (Lipinski definition) is 1. The first kappa shape index (κ1) is 14.7.